The molecule has 1 aliphatic rings. The van der Waals surface area contributed by atoms with E-state index in [1.165, 1.54) is 5.57 Å². The van der Waals surface area contributed by atoms with E-state index < -0.39 is 0 Å². The van der Waals surface area contributed by atoms with E-state index in [1.807, 2.05) is 42.5 Å². The highest BCUT2D eigenvalue weighted by Crippen LogP contribution is 2.21. The molecule has 0 fully saturated rings. The normalized spacial score (nSPS) is 14.3. The van der Waals surface area contributed by atoms with E-state index in [4.69, 9.17) is 9.47 Å². The molecule has 0 saturated carbocycles. The Balaban J connectivity index is 1.79. The molecule has 0 radical (unpaired) electrons. The van der Waals surface area contributed by atoms with Gasteiger partial charge in [-0.1, -0.05) is 48.5 Å². The predicted molar refractivity (Wildman–Crippen MR) is 86.9 cm³/mol. The average Bonchev–Trinajstić information content (AvgIpc) is 2.77. The van der Waals surface area contributed by atoms with Gasteiger partial charge >= 0.3 is 0 Å². The minimum Gasteiger partial charge on any atom is -0.485 e. The van der Waals surface area contributed by atoms with Crippen molar-refractivity contribution in [1.29, 1.82) is 0 Å². The summed E-state index contributed by atoms with van der Waals surface area (Å²) < 4.78 is 11.0. The molecule has 0 N–H and O–H groups in total. The first kappa shape index (κ1) is 14.5. The summed E-state index contributed by atoms with van der Waals surface area (Å²) in [5.74, 6) is 0.378. The molecular formula is C19H18O3. The Morgan fingerprint density at radius 3 is 2.59 bits per heavy atom. The van der Waals surface area contributed by atoms with Crippen LogP contribution in [0.3, 0.4) is 0 Å². The molecule has 0 spiro atoms. The molecule has 0 bridgehead atoms. The maximum Gasteiger partial charge on any atom is 0.220 e. The number of rotatable bonds is 4. The minimum atomic E-state index is -0.102. The van der Waals surface area contributed by atoms with Gasteiger partial charge in [-0.05, 0) is 35.3 Å². The van der Waals surface area contributed by atoms with Crippen LogP contribution in [0.25, 0.3) is 5.57 Å². The number of ether oxygens (including phenoxy) is 2. The van der Waals surface area contributed by atoms with Crippen LogP contribution in [-0.4, -0.2) is 13.2 Å². The van der Waals surface area contributed by atoms with Gasteiger partial charge in [0, 0.05) is 0 Å². The zero-order chi connectivity index (χ0) is 15.2. The van der Waals surface area contributed by atoms with Gasteiger partial charge in [-0.3, -0.25) is 4.79 Å². The molecule has 22 heavy (non-hydrogen) atoms. The third-order valence-corrected chi connectivity index (χ3v) is 3.64. The maximum atomic E-state index is 12.1. The second kappa shape index (κ2) is 7.05. The van der Waals surface area contributed by atoms with Crippen LogP contribution in [0, 0.1) is 0 Å². The average molecular weight is 294 g/mol. The van der Waals surface area contributed by atoms with E-state index in [1.54, 1.807) is 12.1 Å². The van der Waals surface area contributed by atoms with Crippen molar-refractivity contribution in [3.63, 3.8) is 0 Å². The smallest absolute Gasteiger partial charge is 0.220 e. The van der Waals surface area contributed by atoms with Crippen molar-refractivity contribution >= 4 is 5.57 Å². The molecule has 1 aliphatic heterocycles. The van der Waals surface area contributed by atoms with Gasteiger partial charge in [-0.15, -0.1) is 0 Å². The lowest BCUT2D eigenvalue weighted by atomic mass is 10.0. The molecule has 0 unspecified atom stereocenters. The first-order valence-corrected chi connectivity index (χ1v) is 7.41. The Labute approximate surface area is 129 Å². The van der Waals surface area contributed by atoms with E-state index >= 15 is 0 Å². The lowest BCUT2D eigenvalue weighted by Crippen LogP contribution is -2.04. The highest BCUT2D eigenvalue weighted by molar-refractivity contribution is 5.66. The van der Waals surface area contributed by atoms with Gasteiger partial charge in [-0.2, -0.15) is 0 Å². The Hall–Kier alpha value is -2.39. The van der Waals surface area contributed by atoms with Gasteiger partial charge in [0.05, 0.1) is 13.2 Å². The van der Waals surface area contributed by atoms with Crippen molar-refractivity contribution in [2.75, 3.05) is 13.2 Å². The van der Waals surface area contributed by atoms with Crippen molar-refractivity contribution in [3.8, 4) is 5.75 Å². The first-order valence-electron chi connectivity index (χ1n) is 7.41. The Kier molecular flexibility index (Phi) is 4.66. The molecule has 0 aliphatic carbocycles. The topological polar surface area (TPSA) is 35.5 Å². The van der Waals surface area contributed by atoms with Crippen molar-refractivity contribution in [3.05, 3.63) is 82.0 Å². The summed E-state index contributed by atoms with van der Waals surface area (Å²) in [5, 5.41) is 0. The molecule has 3 rings (SSSR count). The molecule has 0 amide bonds. The van der Waals surface area contributed by atoms with Gasteiger partial charge in [-0.25, -0.2) is 0 Å². The summed E-state index contributed by atoms with van der Waals surface area (Å²) >= 11 is 0. The number of hydrogen-bond donors (Lipinski definition) is 0. The Morgan fingerprint density at radius 1 is 1.00 bits per heavy atom. The van der Waals surface area contributed by atoms with E-state index in [9.17, 15) is 4.79 Å². The van der Waals surface area contributed by atoms with E-state index in [0.29, 0.717) is 19.0 Å². The van der Waals surface area contributed by atoms with Crippen molar-refractivity contribution in [2.24, 2.45) is 0 Å². The summed E-state index contributed by atoms with van der Waals surface area (Å²) in [6, 6.07) is 17.0. The van der Waals surface area contributed by atoms with Crippen LogP contribution in [0.4, 0.5) is 0 Å². The van der Waals surface area contributed by atoms with Crippen LogP contribution in [0.5, 0.6) is 5.75 Å². The minimum absolute atomic E-state index is 0.102. The number of hydrogen-bond acceptors (Lipinski definition) is 3. The number of benzene rings is 1. The molecule has 0 saturated heterocycles. The molecule has 112 valence electrons. The van der Waals surface area contributed by atoms with Gasteiger partial charge in [0.25, 0.3) is 0 Å². The zero-order valence-corrected chi connectivity index (χ0v) is 12.3. The molecule has 2 aromatic rings. The molecule has 2 aromatic carbocycles. The first-order chi connectivity index (χ1) is 10.8. The van der Waals surface area contributed by atoms with Crippen LogP contribution in [-0.2, 0) is 11.3 Å². The molecule has 1 heterocycles. The van der Waals surface area contributed by atoms with E-state index in [2.05, 4.69) is 6.08 Å². The fraction of sp³-hybridized carbons (Fsp3) is 0.211. The van der Waals surface area contributed by atoms with Crippen LogP contribution in [0.1, 0.15) is 17.5 Å². The largest absolute Gasteiger partial charge is 0.485 e. The van der Waals surface area contributed by atoms with E-state index in [-0.39, 0.29) is 5.43 Å². The highest BCUT2D eigenvalue weighted by Gasteiger charge is 2.07. The molecule has 0 atom stereocenters. The van der Waals surface area contributed by atoms with Crippen LogP contribution < -0.4 is 10.2 Å². The summed E-state index contributed by atoms with van der Waals surface area (Å²) in [6.07, 6.45) is 2.94. The quantitative estimate of drug-likeness (QED) is 0.866. The van der Waals surface area contributed by atoms with Crippen molar-refractivity contribution in [1.82, 2.24) is 0 Å². The van der Waals surface area contributed by atoms with Crippen LogP contribution in [0.2, 0.25) is 0 Å². The van der Waals surface area contributed by atoms with E-state index in [0.717, 1.165) is 24.2 Å². The lowest BCUT2D eigenvalue weighted by Gasteiger charge is -2.12. The van der Waals surface area contributed by atoms with Crippen molar-refractivity contribution in [2.45, 2.75) is 13.0 Å². The summed E-state index contributed by atoms with van der Waals surface area (Å²) in [7, 11) is 0. The predicted octanol–water partition coefficient (Wildman–Crippen LogP) is 3.43. The third-order valence-electron chi connectivity index (χ3n) is 3.64. The SMILES string of the molecule is O=c1ccc(C2=CCOCC2)ccc1OCc1ccccc1. The third kappa shape index (κ3) is 3.62. The molecule has 3 heteroatoms. The Bertz CT molecular complexity index is 720. The lowest BCUT2D eigenvalue weighted by molar-refractivity contribution is 0.161. The zero-order valence-electron chi connectivity index (χ0n) is 12.3. The monoisotopic (exact) mass is 294 g/mol. The highest BCUT2D eigenvalue weighted by atomic mass is 16.5. The second-order valence-electron chi connectivity index (χ2n) is 5.18. The Morgan fingerprint density at radius 2 is 1.82 bits per heavy atom. The van der Waals surface area contributed by atoms with Gasteiger partial charge in [0.1, 0.15) is 6.61 Å². The fourth-order valence-electron chi connectivity index (χ4n) is 2.41. The van der Waals surface area contributed by atoms with Gasteiger partial charge in [0.15, 0.2) is 5.75 Å². The van der Waals surface area contributed by atoms with Crippen molar-refractivity contribution < 1.29 is 9.47 Å². The van der Waals surface area contributed by atoms with Gasteiger partial charge < -0.3 is 9.47 Å². The summed E-state index contributed by atoms with van der Waals surface area (Å²) in [4.78, 5) is 12.1. The molecule has 0 aromatic heterocycles. The molecular weight excluding hydrogens is 276 g/mol. The van der Waals surface area contributed by atoms with Crippen LogP contribution >= 0.6 is 0 Å². The second-order valence-corrected chi connectivity index (χ2v) is 5.18. The standard InChI is InChI=1S/C19H18O3/c20-18-8-6-16(17-10-12-21-13-11-17)7-9-19(18)22-14-15-4-2-1-3-5-15/h1-10H,11-14H2. The fourth-order valence-corrected chi connectivity index (χ4v) is 2.41. The van der Waals surface area contributed by atoms with Gasteiger partial charge in [0.2, 0.25) is 5.43 Å². The summed E-state index contributed by atoms with van der Waals surface area (Å²) in [5.41, 5.74) is 3.21. The maximum absolute atomic E-state index is 12.1. The van der Waals surface area contributed by atoms with Crippen LogP contribution in [0.15, 0.2) is 65.5 Å². The molecule has 3 nitrogen and oxygen atoms in total. The summed E-state index contributed by atoms with van der Waals surface area (Å²) in [6.45, 7) is 1.76.